The Morgan fingerprint density at radius 3 is 2.62 bits per heavy atom. The summed E-state index contributed by atoms with van der Waals surface area (Å²) in [4.78, 5) is 22.9. The van der Waals surface area contributed by atoms with E-state index in [1.165, 1.54) is 48.7 Å². The second kappa shape index (κ2) is 5.74. The molecule has 0 spiro atoms. The van der Waals surface area contributed by atoms with Crippen molar-refractivity contribution >= 4 is 17.8 Å². The maximum atomic E-state index is 12.7. The molecule has 2 aromatic rings. The van der Waals surface area contributed by atoms with Gasteiger partial charge in [0.25, 0.3) is 11.6 Å². The molecule has 1 atom stereocenters. The van der Waals surface area contributed by atoms with Gasteiger partial charge in [0.05, 0.1) is 4.92 Å². The molecule has 3 rings (SSSR count). The van der Waals surface area contributed by atoms with E-state index in [1.54, 1.807) is 0 Å². The predicted molar refractivity (Wildman–Crippen MR) is 84.4 cm³/mol. The van der Waals surface area contributed by atoms with Crippen LogP contribution in [-0.4, -0.2) is 32.3 Å². The number of phenols is 1. The maximum absolute atomic E-state index is 12.7. The molecule has 2 N–H and O–H groups in total. The quantitative estimate of drug-likeness (QED) is 0.660. The maximum Gasteiger partial charge on any atom is 0.277 e. The zero-order valence-corrected chi connectivity index (χ0v) is 12.4. The Labute approximate surface area is 136 Å². The van der Waals surface area contributed by atoms with E-state index < -0.39 is 16.6 Å². The van der Waals surface area contributed by atoms with Crippen LogP contribution in [0, 0.1) is 10.1 Å². The molecule has 24 heavy (non-hydrogen) atoms. The number of benzene rings is 2. The third kappa shape index (κ3) is 2.59. The Hall–Kier alpha value is -3.26. The Kier molecular flexibility index (Phi) is 3.74. The van der Waals surface area contributed by atoms with Gasteiger partial charge in [-0.15, -0.1) is 0 Å². The van der Waals surface area contributed by atoms with Crippen molar-refractivity contribution < 1.29 is 19.9 Å². The fraction of sp³-hybridized carbons (Fsp3) is 0.125. The van der Waals surface area contributed by atoms with Crippen molar-refractivity contribution in [3.8, 4) is 5.75 Å². The summed E-state index contributed by atoms with van der Waals surface area (Å²) in [7, 11) is 0. The molecule has 2 aromatic carbocycles. The molecule has 1 amide bonds. The van der Waals surface area contributed by atoms with E-state index >= 15 is 0 Å². The summed E-state index contributed by atoms with van der Waals surface area (Å²) in [6, 6.07) is 11.0. The number of aliphatic hydroxyl groups is 1. The van der Waals surface area contributed by atoms with Gasteiger partial charge in [0, 0.05) is 35.9 Å². The third-order valence-electron chi connectivity index (χ3n) is 3.75. The summed E-state index contributed by atoms with van der Waals surface area (Å²) in [5, 5.41) is 35.9. The van der Waals surface area contributed by atoms with E-state index in [4.69, 9.17) is 0 Å². The summed E-state index contributed by atoms with van der Waals surface area (Å²) < 4.78 is 0. The van der Waals surface area contributed by atoms with Gasteiger partial charge in [0.2, 0.25) is 0 Å². The lowest BCUT2D eigenvalue weighted by molar-refractivity contribution is -0.384. The predicted octanol–water partition coefficient (Wildman–Crippen LogP) is 1.98. The van der Waals surface area contributed by atoms with Crippen LogP contribution in [0.2, 0.25) is 0 Å². The Balaban J connectivity index is 1.96. The average molecular weight is 327 g/mol. The number of rotatable bonds is 3. The molecular weight excluding hydrogens is 314 g/mol. The van der Waals surface area contributed by atoms with Crippen LogP contribution in [0.4, 0.5) is 5.69 Å². The molecule has 122 valence electrons. The zero-order valence-electron chi connectivity index (χ0n) is 12.4. The van der Waals surface area contributed by atoms with E-state index in [0.717, 1.165) is 11.1 Å². The molecule has 0 aliphatic carbocycles. The van der Waals surface area contributed by atoms with Crippen molar-refractivity contribution in [2.45, 2.75) is 12.1 Å². The minimum absolute atomic E-state index is 0.0258. The SMILES string of the molecule is O=C(c1cccc([N+](=O)[O-])c1)N1N=CCC1(O)c1ccc(O)cc1. The van der Waals surface area contributed by atoms with Gasteiger partial charge in [-0.05, 0) is 18.2 Å². The number of non-ortho nitro benzene ring substituents is 1. The van der Waals surface area contributed by atoms with Crippen LogP contribution in [0.25, 0.3) is 0 Å². The molecule has 0 fully saturated rings. The second-order valence-electron chi connectivity index (χ2n) is 5.29. The number of aromatic hydroxyl groups is 1. The van der Waals surface area contributed by atoms with Crippen molar-refractivity contribution in [3.05, 3.63) is 69.8 Å². The van der Waals surface area contributed by atoms with Crippen molar-refractivity contribution in [2.75, 3.05) is 0 Å². The first-order valence-corrected chi connectivity index (χ1v) is 7.05. The summed E-state index contributed by atoms with van der Waals surface area (Å²) in [6.45, 7) is 0. The van der Waals surface area contributed by atoms with Crippen molar-refractivity contribution in [1.29, 1.82) is 0 Å². The smallest absolute Gasteiger partial charge is 0.277 e. The van der Waals surface area contributed by atoms with Crippen molar-refractivity contribution in [3.63, 3.8) is 0 Å². The third-order valence-corrected chi connectivity index (χ3v) is 3.75. The number of carbonyl (C=O) groups excluding carboxylic acids is 1. The number of nitro benzene ring substituents is 1. The summed E-state index contributed by atoms with van der Waals surface area (Å²) >= 11 is 0. The highest BCUT2D eigenvalue weighted by molar-refractivity contribution is 5.96. The summed E-state index contributed by atoms with van der Waals surface area (Å²) in [6.07, 6.45) is 1.46. The van der Waals surface area contributed by atoms with Crippen LogP contribution < -0.4 is 0 Å². The van der Waals surface area contributed by atoms with E-state index in [0.29, 0.717) is 5.56 Å². The van der Waals surface area contributed by atoms with Crippen LogP contribution in [0.15, 0.2) is 53.6 Å². The van der Waals surface area contributed by atoms with Gasteiger partial charge in [0.15, 0.2) is 5.72 Å². The van der Waals surface area contributed by atoms with Gasteiger partial charge in [0.1, 0.15) is 5.75 Å². The van der Waals surface area contributed by atoms with Gasteiger partial charge in [-0.25, -0.2) is 0 Å². The minimum Gasteiger partial charge on any atom is -0.508 e. The molecule has 1 aliphatic heterocycles. The van der Waals surface area contributed by atoms with Gasteiger partial charge in [-0.2, -0.15) is 10.1 Å². The van der Waals surface area contributed by atoms with Gasteiger partial charge in [-0.1, -0.05) is 18.2 Å². The number of hydrogen-bond donors (Lipinski definition) is 2. The van der Waals surface area contributed by atoms with Crippen LogP contribution in [0.1, 0.15) is 22.3 Å². The Morgan fingerprint density at radius 2 is 1.96 bits per heavy atom. The van der Waals surface area contributed by atoms with E-state index in [2.05, 4.69) is 5.10 Å². The topological polar surface area (TPSA) is 116 Å². The monoisotopic (exact) mass is 327 g/mol. The fourth-order valence-electron chi connectivity index (χ4n) is 2.50. The van der Waals surface area contributed by atoms with Gasteiger partial charge in [-0.3, -0.25) is 14.9 Å². The normalized spacial score (nSPS) is 19.5. The highest BCUT2D eigenvalue weighted by atomic mass is 16.6. The Morgan fingerprint density at radius 1 is 1.25 bits per heavy atom. The average Bonchev–Trinajstić information content (AvgIpc) is 2.97. The first-order valence-electron chi connectivity index (χ1n) is 7.05. The molecule has 0 saturated carbocycles. The first kappa shape index (κ1) is 15.6. The molecule has 1 heterocycles. The minimum atomic E-state index is -1.71. The molecule has 0 bridgehead atoms. The fourth-order valence-corrected chi connectivity index (χ4v) is 2.50. The van der Waals surface area contributed by atoms with E-state index in [-0.39, 0.29) is 23.4 Å². The summed E-state index contributed by atoms with van der Waals surface area (Å²) in [5.74, 6) is -0.638. The number of hydrogen-bond acceptors (Lipinski definition) is 6. The van der Waals surface area contributed by atoms with Crippen molar-refractivity contribution in [1.82, 2.24) is 5.01 Å². The van der Waals surface area contributed by atoms with E-state index in [9.17, 15) is 25.1 Å². The van der Waals surface area contributed by atoms with Crippen LogP contribution >= 0.6 is 0 Å². The number of hydrazone groups is 1. The summed E-state index contributed by atoms with van der Waals surface area (Å²) in [5.41, 5.74) is -1.52. The molecule has 0 radical (unpaired) electrons. The molecule has 1 aliphatic rings. The number of nitrogens with zero attached hydrogens (tertiary/aromatic N) is 3. The number of carbonyl (C=O) groups is 1. The lowest BCUT2D eigenvalue weighted by atomic mass is 9.99. The van der Waals surface area contributed by atoms with Gasteiger partial charge < -0.3 is 10.2 Å². The van der Waals surface area contributed by atoms with Gasteiger partial charge >= 0.3 is 0 Å². The molecule has 0 aromatic heterocycles. The van der Waals surface area contributed by atoms with Crippen LogP contribution in [0.5, 0.6) is 5.75 Å². The highest BCUT2D eigenvalue weighted by Gasteiger charge is 2.43. The lowest BCUT2D eigenvalue weighted by Crippen LogP contribution is -2.43. The Bertz CT molecular complexity index is 834. The largest absolute Gasteiger partial charge is 0.508 e. The van der Waals surface area contributed by atoms with E-state index in [1.807, 2.05) is 0 Å². The lowest BCUT2D eigenvalue weighted by Gasteiger charge is -2.31. The molecule has 8 nitrogen and oxygen atoms in total. The standard InChI is InChI=1S/C16H13N3O5/c20-14-6-4-12(5-7-14)16(22)8-9-17-18(16)15(21)11-2-1-3-13(10-11)19(23)24/h1-7,9-10,20,22H,8H2. The number of phenolic OH excluding ortho intramolecular Hbond substituents is 1. The van der Waals surface area contributed by atoms with Crippen LogP contribution in [-0.2, 0) is 5.72 Å². The second-order valence-corrected chi connectivity index (χ2v) is 5.29. The number of amides is 1. The highest BCUT2D eigenvalue weighted by Crippen LogP contribution is 2.35. The molecule has 1 unspecified atom stereocenters. The number of nitro groups is 1. The van der Waals surface area contributed by atoms with Crippen molar-refractivity contribution in [2.24, 2.45) is 5.10 Å². The molecule has 0 saturated heterocycles. The molecular formula is C16H13N3O5. The zero-order chi connectivity index (χ0) is 17.3. The molecule has 8 heteroatoms. The first-order chi connectivity index (χ1) is 11.4. The van der Waals surface area contributed by atoms with Crippen LogP contribution in [0.3, 0.4) is 0 Å².